The van der Waals surface area contributed by atoms with Crippen molar-refractivity contribution >= 4 is 40.0 Å². The van der Waals surface area contributed by atoms with Crippen LogP contribution in [0.5, 0.6) is 0 Å². The molecule has 1 saturated heterocycles. The van der Waals surface area contributed by atoms with Gasteiger partial charge in [-0.15, -0.1) is 11.3 Å². The van der Waals surface area contributed by atoms with Crippen molar-refractivity contribution in [3.8, 4) is 0 Å². The minimum absolute atomic E-state index is 0.232. The number of fused-ring (bicyclic) bond motifs is 2. The molecule has 29 heavy (non-hydrogen) atoms. The lowest BCUT2D eigenvalue weighted by atomic mass is 9.95. The number of hydrogen-bond acceptors (Lipinski definition) is 5. The fourth-order valence-electron chi connectivity index (χ4n) is 3.77. The Hall–Kier alpha value is -3.52. The maximum Gasteiger partial charge on any atom is 0.332 e. The monoisotopic (exact) mass is 404 g/mol. The Kier molecular flexibility index (Phi) is 4.13. The average molecular weight is 404 g/mol. The van der Waals surface area contributed by atoms with E-state index in [0.717, 1.165) is 11.1 Å². The third kappa shape index (κ3) is 2.98. The van der Waals surface area contributed by atoms with Crippen LogP contribution in [0.15, 0.2) is 60.1 Å². The molecule has 5 rings (SSSR count). The van der Waals surface area contributed by atoms with Crippen LogP contribution in [-0.2, 0) is 17.8 Å². The fourth-order valence-corrected chi connectivity index (χ4v) is 4.29. The van der Waals surface area contributed by atoms with Gasteiger partial charge in [-0.1, -0.05) is 24.3 Å². The molecule has 144 valence electrons. The first-order valence-electron chi connectivity index (χ1n) is 9.14. The Labute approximate surface area is 170 Å². The molecule has 7 nitrogen and oxygen atoms in total. The molecule has 4 amide bonds. The van der Waals surface area contributed by atoms with E-state index >= 15 is 0 Å². The second kappa shape index (κ2) is 6.82. The predicted octanol–water partition coefficient (Wildman–Crippen LogP) is 3.29. The minimum Gasteiger partial charge on any atom is -0.307 e. The maximum absolute atomic E-state index is 13.0. The second-order valence-electron chi connectivity index (χ2n) is 6.91. The van der Waals surface area contributed by atoms with E-state index in [2.05, 4.69) is 10.3 Å². The number of hydrogen-bond donors (Lipinski definition) is 1. The Bertz CT molecular complexity index is 1070. The Morgan fingerprint density at radius 3 is 2.55 bits per heavy atom. The summed E-state index contributed by atoms with van der Waals surface area (Å²) >= 11 is 1.33. The number of anilines is 2. The standard InChI is InChI=1S/C21H16N4O3S/c26-18(23-20-22-9-10-29-20)13-5-7-16(8-6-13)25-19(27)17-11-14-3-1-2-4-15(14)12-24(17)21(25)28/h1-10,17H,11-12H2,(H,22,23,26)/t17-/m0/s1. The van der Waals surface area contributed by atoms with Gasteiger partial charge in [0.05, 0.1) is 5.69 Å². The van der Waals surface area contributed by atoms with Crippen molar-refractivity contribution in [1.82, 2.24) is 9.88 Å². The molecule has 2 aromatic carbocycles. The molecular weight excluding hydrogens is 388 g/mol. The van der Waals surface area contributed by atoms with Crippen LogP contribution in [0.2, 0.25) is 0 Å². The average Bonchev–Trinajstić information content (AvgIpc) is 3.33. The molecule has 2 aliphatic heterocycles. The first-order chi connectivity index (χ1) is 14.1. The lowest BCUT2D eigenvalue weighted by molar-refractivity contribution is -0.120. The number of aromatic nitrogens is 1. The molecule has 0 spiro atoms. The number of nitrogens with zero attached hydrogens (tertiary/aromatic N) is 3. The lowest BCUT2D eigenvalue weighted by Gasteiger charge is -2.28. The third-order valence-electron chi connectivity index (χ3n) is 5.23. The van der Waals surface area contributed by atoms with Crippen molar-refractivity contribution in [3.63, 3.8) is 0 Å². The van der Waals surface area contributed by atoms with E-state index in [1.54, 1.807) is 40.7 Å². The molecule has 1 aromatic heterocycles. The zero-order valence-electron chi connectivity index (χ0n) is 15.2. The second-order valence-corrected chi connectivity index (χ2v) is 7.81. The molecule has 0 bridgehead atoms. The van der Waals surface area contributed by atoms with Crippen molar-refractivity contribution in [2.45, 2.75) is 19.0 Å². The van der Waals surface area contributed by atoms with Crippen LogP contribution in [0.1, 0.15) is 21.5 Å². The highest BCUT2D eigenvalue weighted by Crippen LogP contribution is 2.33. The van der Waals surface area contributed by atoms with Gasteiger partial charge in [-0.05, 0) is 35.4 Å². The molecule has 8 heteroatoms. The molecule has 1 fully saturated rings. The highest BCUT2D eigenvalue weighted by molar-refractivity contribution is 7.13. The van der Waals surface area contributed by atoms with Gasteiger partial charge >= 0.3 is 6.03 Å². The normalized spacial score (nSPS) is 17.9. The van der Waals surface area contributed by atoms with Gasteiger partial charge in [0.15, 0.2) is 5.13 Å². The van der Waals surface area contributed by atoms with Gasteiger partial charge in [0.25, 0.3) is 11.8 Å². The summed E-state index contributed by atoms with van der Waals surface area (Å²) in [5, 5.41) is 5.00. The quantitative estimate of drug-likeness (QED) is 0.679. The topological polar surface area (TPSA) is 82.6 Å². The van der Waals surface area contributed by atoms with E-state index in [9.17, 15) is 14.4 Å². The van der Waals surface area contributed by atoms with E-state index < -0.39 is 6.04 Å². The van der Waals surface area contributed by atoms with Gasteiger partial charge in [0.2, 0.25) is 0 Å². The summed E-state index contributed by atoms with van der Waals surface area (Å²) in [6.45, 7) is 0.427. The van der Waals surface area contributed by atoms with Crippen LogP contribution in [0.4, 0.5) is 15.6 Å². The number of carbonyl (C=O) groups is 3. The van der Waals surface area contributed by atoms with Crippen LogP contribution >= 0.6 is 11.3 Å². The van der Waals surface area contributed by atoms with E-state index in [1.807, 2.05) is 24.3 Å². The molecule has 2 aliphatic rings. The van der Waals surface area contributed by atoms with E-state index in [4.69, 9.17) is 0 Å². The Morgan fingerprint density at radius 2 is 1.83 bits per heavy atom. The van der Waals surface area contributed by atoms with Crippen LogP contribution in [0.3, 0.4) is 0 Å². The van der Waals surface area contributed by atoms with Gasteiger partial charge in [-0.25, -0.2) is 14.7 Å². The highest BCUT2D eigenvalue weighted by Gasteiger charge is 2.47. The van der Waals surface area contributed by atoms with Crippen LogP contribution in [0, 0.1) is 0 Å². The van der Waals surface area contributed by atoms with E-state index in [-0.39, 0.29) is 17.8 Å². The number of benzene rings is 2. The summed E-state index contributed by atoms with van der Waals surface area (Å²) < 4.78 is 0. The van der Waals surface area contributed by atoms with Crippen LogP contribution < -0.4 is 10.2 Å². The van der Waals surface area contributed by atoms with Crippen molar-refractivity contribution in [1.29, 1.82) is 0 Å². The summed E-state index contributed by atoms with van der Waals surface area (Å²) in [4.78, 5) is 45.1. The molecule has 3 aromatic rings. The van der Waals surface area contributed by atoms with Gasteiger partial charge in [0, 0.05) is 30.1 Å². The SMILES string of the molecule is O=C(Nc1nccs1)c1ccc(N2C(=O)[C@@H]3Cc4ccccc4CN3C2=O)cc1. The highest BCUT2D eigenvalue weighted by atomic mass is 32.1. The molecule has 0 aliphatic carbocycles. The van der Waals surface area contributed by atoms with Gasteiger partial charge in [-0.3, -0.25) is 14.9 Å². The van der Waals surface area contributed by atoms with Crippen molar-refractivity contribution < 1.29 is 14.4 Å². The Morgan fingerprint density at radius 1 is 1.07 bits per heavy atom. The van der Waals surface area contributed by atoms with Crippen molar-refractivity contribution in [3.05, 3.63) is 76.8 Å². The summed E-state index contributed by atoms with van der Waals surface area (Å²) in [5.41, 5.74) is 3.06. The molecular formula is C21H16N4O3S. The van der Waals surface area contributed by atoms with Crippen molar-refractivity contribution in [2.24, 2.45) is 0 Å². The molecule has 1 atom stereocenters. The minimum atomic E-state index is -0.481. The van der Waals surface area contributed by atoms with E-state index in [1.165, 1.54) is 16.2 Å². The van der Waals surface area contributed by atoms with Crippen LogP contribution in [-0.4, -0.2) is 33.8 Å². The number of nitrogens with one attached hydrogen (secondary N) is 1. The smallest absolute Gasteiger partial charge is 0.307 e. The van der Waals surface area contributed by atoms with Gasteiger partial charge in [0.1, 0.15) is 6.04 Å². The molecule has 1 N–H and O–H groups in total. The summed E-state index contributed by atoms with van der Waals surface area (Å²) in [6, 6.07) is 13.5. The zero-order valence-corrected chi connectivity index (χ0v) is 16.1. The summed E-state index contributed by atoms with van der Waals surface area (Å²) in [6.07, 6.45) is 2.13. The third-order valence-corrected chi connectivity index (χ3v) is 5.92. The number of thiazole rings is 1. The lowest BCUT2D eigenvalue weighted by Crippen LogP contribution is -2.39. The molecule has 3 heterocycles. The van der Waals surface area contributed by atoms with E-state index in [0.29, 0.717) is 29.3 Å². The largest absolute Gasteiger partial charge is 0.332 e. The summed E-state index contributed by atoms with van der Waals surface area (Å²) in [5.74, 6) is -0.525. The van der Waals surface area contributed by atoms with Crippen LogP contribution in [0.25, 0.3) is 0 Å². The number of urea groups is 1. The number of carbonyl (C=O) groups excluding carboxylic acids is 3. The van der Waals surface area contributed by atoms with Gasteiger partial charge in [-0.2, -0.15) is 0 Å². The number of amides is 4. The first kappa shape index (κ1) is 17.6. The first-order valence-corrected chi connectivity index (χ1v) is 10.0. The fraction of sp³-hybridized carbons (Fsp3) is 0.143. The maximum atomic E-state index is 13.0. The molecule has 0 unspecified atom stereocenters. The Balaban J connectivity index is 1.37. The summed E-state index contributed by atoms with van der Waals surface area (Å²) in [7, 11) is 0. The number of rotatable bonds is 3. The molecule has 0 saturated carbocycles. The number of imide groups is 1. The molecule has 0 radical (unpaired) electrons. The van der Waals surface area contributed by atoms with Gasteiger partial charge < -0.3 is 4.90 Å². The predicted molar refractivity (Wildman–Crippen MR) is 109 cm³/mol. The van der Waals surface area contributed by atoms with Crippen molar-refractivity contribution in [2.75, 3.05) is 10.2 Å². The zero-order chi connectivity index (χ0) is 20.0.